The molecule has 608 valence electrons. The van der Waals surface area contributed by atoms with E-state index in [0.717, 1.165) is 24.3 Å². The van der Waals surface area contributed by atoms with Gasteiger partial charge in [-0.05, 0) is 156 Å². The van der Waals surface area contributed by atoms with Crippen molar-refractivity contribution in [2.45, 2.75) is 26.2 Å². The molecule has 4 heterocycles. The highest BCUT2D eigenvalue weighted by atomic mass is 35.5. The van der Waals surface area contributed by atoms with Gasteiger partial charge in [0, 0.05) is 130 Å². The topological polar surface area (TPSA) is 388 Å². The third kappa shape index (κ3) is 28.6. The first-order valence-electron chi connectivity index (χ1n) is 34.8. The molecule has 0 fully saturated rings. The fraction of sp³-hybridized carbons (Fsp3) is 0.0952. The van der Waals surface area contributed by atoms with E-state index in [1.165, 1.54) is 152 Å². The molecule has 0 unspecified atom stereocenters. The highest BCUT2D eigenvalue weighted by Crippen LogP contribution is 2.39. The van der Waals surface area contributed by atoms with Crippen molar-refractivity contribution in [1.29, 1.82) is 21.0 Å². The Morgan fingerprint density at radius 3 is 0.825 bits per heavy atom. The minimum Gasteiger partial charge on any atom is -0.488 e. The Labute approximate surface area is 695 Å². The van der Waals surface area contributed by atoms with Crippen molar-refractivity contribution in [3.8, 4) is 93.3 Å². The van der Waals surface area contributed by atoms with E-state index in [4.69, 9.17) is 105 Å². The highest BCUT2D eigenvalue weighted by molar-refractivity contribution is 6.31. The molecule has 12 rings (SSSR count). The van der Waals surface area contributed by atoms with Crippen LogP contribution in [0.25, 0.3) is 24.3 Å². The largest absolute Gasteiger partial charge is 0.488 e. The van der Waals surface area contributed by atoms with E-state index in [2.05, 4.69) is 19.9 Å². The molecule has 0 aliphatic rings. The van der Waals surface area contributed by atoms with Gasteiger partial charge in [0.25, 0.3) is 22.2 Å². The second-order valence-electron chi connectivity index (χ2n) is 24.1. The lowest BCUT2D eigenvalue weighted by Crippen LogP contribution is -2.30. The van der Waals surface area contributed by atoms with Crippen molar-refractivity contribution in [2.75, 3.05) is 26.4 Å². The lowest BCUT2D eigenvalue weighted by Gasteiger charge is -2.14. The maximum Gasteiger partial charge on any atom is 0.328 e. The number of hydrogen-bond donors (Lipinski definition) is 4. The molecule has 120 heavy (non-hydrogen) atoms. The van der Waals surface area contributed by atoms with Crippen LogP contribution in [0.4, 0.5) is 17.6 Å². The van der Waals surface area contributed by atoms with Crippen LogP contribution in [0.1, 0.15) is 22.3 Å². The third-order valence-corrected chi connectivity index (χ3v) is 16.4. The Morgan fingerprint density at radius 1 is 0.292 bits per heavy atom. The molecule has 12 aromatic rings. The summed E-state index contributed by atoms with van der Waals surface area (Å²) in [7, 11) is 0. The van der Waals surface area contributed by atoms with Crippen molar-refractivity contribution >= 4 is 70.7 Å². The Morgan fingerprint density at radius 2 is 0.550 bits per heavy atom. The molecular weight excluding hydrogens is 1650 g/mol. The predicted molar refractivity (Wildman–Crippen MR) is 438 cm³/mol. The van der Waals surface area contributed by atoms with Gasteiger partial charge in [0.1, 0.15) is 72.7 Å². The van der Waals surface area contributed by atoms with Crippen LogP contribution in [0.15, 0.2) is 257 Å². The van der Waals surface area contributed by atoms with E-state index in [-0.39, 0.29) is 92.9 Å². The quantitative estimate of drug-likeness (QED) is 0.0261. The molecule has 36 heteroatoms. The molecule has 0 saturated carbocycles. The number of nitrogens with zero attached hydrogens (tertiary/aromatic N) is 8. The fourth-order valence-corrected chi connectivity index (χ4v) is 11.0. The number of benzene rings is 8. The minimum atomic E-state index is -0.598. The van der Waals surface area contributed by atoms with Gasteiger partial charge in [-0.3, -0.25) is 57.4 Å². The maximum absolute atomic E-state index is 13.9. The average molecular weight is 1710 g/mol. The van der Waals surface area contributed by atoms with Crippen LogP contribution in [-0.4, -0.2) is 64.6 Å². The van der Waals surface area contributed by atoms with Gasteiger partial charge in [-0.15, -0.1) is 0 Å². The molecule has 28 nitrogen and oxygen atoms in total. The summed E-state index contributed by atoms with van der Waals surface area (Å²) in [5, 5.41) is 36.3. The molecule has 0 bridgehead atoms. The number of nitrogens with one attached hydrogen (secondary N) is 4. The van der Waals surface area contributed by atoms with Gasteiger partial charge in [-0.2, -0.15) is 21.0 Å². The summed E-state index contributed by atoms with van der Waals surface area (Å²) in [5.41, 5.74) is -1.98. The summed E-state index contributed by atoms with van der Waals surface area (Å²) in [5.74, 6) is 0.826. The Kier molecular flexibility index (Phi) is 32.9. The number of hydrogen-bond acceptors (Lipinski definition) is 20. The predicted octanol–water partition coefficient (Wildman–Crippen LogP) is 14.9. The second kappa shape index (κ2) is 44.5. The number of nitriles is 4. The van der Waals surface area contributed by atoms with Gasteiger partial charge >= 0.3 is 22.8 Å². The normalized spacial score (nSPS) is 10.7. The van der Waals surface area contributed by atoms with Crippen LogP contribution < -0.4 is 82.9 Å². The first-order chi connectivity index (χ1) is 57.8. The van der Waals surface area contributed by atoms with Gasteiger partial charge in [-0.1, -0.05) is 46.4 Å². The number of allylic oxidation sites excluding steroid dienone is 4. The number of aromatic nitrogens is 8. The summed E-state index contributed by atoms with van der Waals surface area (Å²) in [6.45, 7) is 0.825. The molecule has 0 atom stereocenters. The summed E-state index contributed by atoms with van der Waals surface area (Å²) < 4.78 is 106. The summed E-state index contributed by atoms with van der Waals surface area (Å²) in [4.78, 5) is 99.9. The summed E-state index contributed by atoms with van der Waals surface area (Å²) in [6, 6.07) is 47.1. The zero-order chi connectivity index (χ0) is 86.0. The Balaban J connectivity index is 0.000000182. The second-order valence-corrected chi connectivity index (χ2v) is 25.9. The molecule has 8 aromatic carbocycles. The van der Waals surface area contributed by atoms with E-state index in [0.29, 0.717) is 71.1 Å². The number of H-pyrrole nitrogens is 4. The third-order valence-electron chi connectivity index (χ3n) is 15.5. The van der Waals surface area contributed by atoms with E-state index < -0.39 is 68.3 Å². The molecule has 4 N–H and O–H groups in total. The minimum absolute atomic E-state index is 0.0227. The summed E-state index contributed by atoms with van der Waals surface area (Å²) >= 11 is 24.3. The number of ether oxygens (including phenoxy) is 8. The van der Waals surface area contributed by atoms with Crippen molar-refractivity contribution in [2.24, 2.45) is 0 Å². The highest BCUT2D eigenvalue weighted by Gasteiger charge is 2.16. The van der Waals surface area contributed by atoms with Gasteiger partial charge in [-0.25, -0.2) is 36.7 Å². The molecule has 0 spiro atoms. The Bertz CT molecular complexity index is 5750. The average Bonchev–Trinajstić information content (AvgIpc) is 0.840. The van der Waals surface area contributed by atoms with Crippen LogP contribution in [0.2, 0.25) is 20.1 Å². The zero-order valence-corrected chi connectivity index (χ0v) is 64.9. The molecule has 0 aliphatic carbocycles. The van der Waals surface area contributed by atoms with Crippen LogP contribution in [0.3, 0.4) is 0 Å². The van der Waals surface area contributed by atoms with Crippen molar-refractivity contribution in [3.05, 3.63) is 368 Å². The first-order valence-corrected chi connectivity index (χ1v) is 36.4. The van der Waals surface area contributed by atoms with Crippen molar-refractivity contribution in [3.63, 3.8) is 0 Å². The molecule has 0 amide bonds. The van der Waals surface area contributed by atoms with Gasteiger partial charge in [0.2, 0.25) is 0 Å². The van der Waals surface area contributed by atoms with E-state index in [1.54, 1.807) is 84.9 Å². The lowest BCUT2D eigenvalue weighted by atomic mass is 10.2. The lowest BCUT2D eigenvalue weighted by molar-refractivity contribution is 0.281. The number of rotatable bonds is 28. The molecule has 0 saturated heterocycles. The Hall–Kier alpha value is -15.3. The number of aromatic amines is 4. The van der Waals surface area contributed by atoms with Crippen LogP contribution in [0.5, 0.6) is 69.0 Å². The van der Waals surface area contributed by atoms with Crippen LogP contribution in [0, 0.1) is 68.6 Å². The van der Waals surface area contributed by atoms with E-state index in [9.17, 15) is 55.9 Å². The van der Waals surface area contributed by atoms with E-state index in [1.807, 2.05) is 24.3 Å². The fourth-order valence-electron chi connectivity index (χ4n) is 10.2. The van der Waals surface area contributed by atoms with Gasteiger partial charge < -0.3 is 37.9 Å². The molecule has 0 radical (unpaired) electrons. The zero-order valence-electron chi connectivity index (χ0n) is 61.9. The molecule has 4 aromatic heterocycles. The standard InChI is InChI=1S/C21H15Cl2N3O4.2C21H15ClFN3O4.C21H15F2N3O4/c22-15-3-4-18(30-17-11-14(2-1-6-24)10-16(23)12-17)19(13-15)29-9-8-26-7-5-20(27)25-21(26)28;22-15-10-14(2-1-6-24)11-17(12-15)30-18-4-3-16(23)13-19(18)29-9-8-26-7-5-20(27)25-21(26)28;22-15-3-4-18(30-17-11-14(2-1-6-24)10-16(23)13-17)19(12-15)29-9-8-26-7-5-20(27)25-21(26)28;22-15-3-4-18(30-17-11-14(2-1-6-24)10-16(23)12-17)19(13-15)29-9-8-26-7-5-20(27)25-21(26)28/h4*1-5,7,10-13H,8-9H2,(H,25,27,28)/b4*2-1+. The molecule has 0 aliphatic heterocycles. The van der Waals surface area contributed by atoms with Crippen LogP contribution in [-0.2, 0) is 26.2 Å². The summed E-state index contributed by atoms with van der Waals surface area (Å²) in [6.07, 6.45) is 16.5. The number of halogens is 8. The molecular formula is C84H60Cl4F4N12O16. The maximum atomic E-state index is 13.9. The van der Waals surface area contributed by atoms with Gasteiger partial charge in [0.05, 0.1) is 50.5 Å². The van der Waals surface area contributed by atoms with Crippen molar-refractivity contribution < 1.29 is 55.5 Å². The van der Waals surface area contributed by atoms with Gasteiger partial charge in [0.15, 0.2) is 46.0 Å². The van der Waals surface area contributed by atoms with E-state index >= 15 is 0 Å². The van der Waals surface area contributed by atoms with Crippen molar-refractivity contribution in [1.82, 2.24) is 38.2 Å². The monoisotopic (exact) mass is 1710 g/mol. The van der Waals surface area contributed by atoms with Crippen LogP contribution >= 0.6 is 46.4 Å². The smallest absolute Gasteiger partial charge is 0.328 e. The SMILES string of the molecule is N#C/C=C/c1cc(Cl)cc(Oc2ccc(Cl)cc2OCCn2ccc(=O)[nH]c2=O)c1.N#C/C=C/c1cc(Cl)cc(Oc2ccc(F)cc2OCCn2ccc(=O)[nH]c2=O)c1.N#C/C=C/c1cc(F)cc(Oc2ccc(Cl)cc2OCCn2ccc(=O)[nH]c2=O)c1.N#C/C=C/c1cc(F)cc(Oc2ccc(F)cc2OCCn2ccc(=O)[nH]c2=O)c1. The first kappa shape index (κ1) is 88.6.